The zero-order chi connectivity index (χ0) is 12.6. The molecule has 0 heterocycles. The number of ether oxygens (including phenoxy) is 1. The third-order valence-corrected chi connectivity index (χ3v) is 4.03. The Bertz CT molecular complexity index is 301. The van der Waals surface area contributed by atoms with Crippen LogP contribution in [0.4, 0.5) is 0 Å². The Labute approximate surface area is 96.2 Å². The Morgan fingerprint density at radius 2 is 2.00 bits per heavy atom. The molecule has 0 aromatic heterocycles. The SMILES string of the molecule is COCCCS(=O)(=O)N(C)CCCC(=O)O. The number of methoxy groups -OCH3 is 1. The van der Waals surface area contributed by atoms with E-state index in [0.29, 0.717) is 19.4 Å². The summed E-state index contributed by atoms with van der Waals surface area (Å²) in [6.45, 7) is 0.643. The summed E-state index contributed by atoms with van der Waals surface area (Å²) in [5.41, 5.74) is 0. The smallest absolute Gasteiger partial charge is 0.303 e. The van der Waals surface area contributed by atoms with Crippen molar-refractivity contribution in [1.29, 1.82) is 0 Å². The van der Waals surface area contributed by atoms with Gasteiger partial charge < -0.3 is 9.84 Å². The number of rotatable bonds is 9. The van der Waals surface area contributed by atoms with E-state index in [0.717, 1.165) is 0 Å². The molecule has 16 heavy (non-hydrogen) atoms. The van der Waals surface area contributed by atoms with Crippen molar-refractivity contribution in [1.82, 2.24) is 4.31 Å². The highest BCUT2D eigenvalue weighted by Gasteiger charge is 2.16. The number of nitrogens with zero attached hydrogens (tertiary/aromatic N) is 1. The van der Waals surface area contributed by atoms with Gasteiger partial charge in [0, 0.05) is 33.7 Å². The molecular formula is C9H19NO5S. The molecule has 0 aliphatic rings. The highest BCUT2D eigenvalue weighted by molar-refractivity contribution is 7.89. The van der Waals surface area contributed by atoms with Crippen molar-refractivity contribution in [3.63, 3.8) is 0 Å². The Balaban J connectivity index is 3.94. The van der Waals surface area contributed by atoms with Gasteiger partial charge in [-0.2, -0.15) is 0 Å². The van der Waals surface area contributed by atoms with Crippen molar-refractivity contribution in [2.45, 2.75) is 19.3 Å². The maximum atomic E-state index is 11.6. The van der Waals surface area contributed by atoms with Gasteiger partial charge in [-0.3, -0.25) is 4.79 Å². The molecule has 0 bridgehead atoms. The predicted octanol–water partition coefficient (Wildman–Crippen LogP) is 0.149. The van der Waals surface area contributed by atoms with E-state index in [4.69, 9.17) is 9.84 Å². The van der Waals surface area contributed by atoms with E-state index >= 15 is 0 Å². The predicted molar refractivity (Wildman–Crippen MR) is 59.8 cm³/mol. The van der Waals surface area contributed by atoms with Gasteiger partial charge in [-0.15, -0.1) is 0 Å². The summed E-state index contributed by atoms with van der Waals surface area (Å²) in [5.74, 6) is -0.880. The van der Waals surface area contributed by atoms with Crippen molar-refractivity contribution in [3.8, 4) is 0 Å². The molecule has 0 amide bonds. The molecule has 1 N–H and O–H groups in total. The molecule has 0 radical (unpaired) electrons. The summed E-state index contributed by atoms with van der Waals surface area (Å²) in [7, 11) is -0.291. The van der Waals surface area contributed by atoms with Crippen LogP contribution in [-0.4, -0.2) is 56.9 Å². The molecule has 96 valence electrons. The van der Waals surface area contributed by atoms with Gasteiger partial charge in [-0.25, -0.2) is 12.7 Å². The maximum Gasteiger partial charge on any atom is 0.303 e. The molecule has 0 unspecified atom stereocenters. The second-order valence-corrected chi connectivity index (χ2v) is 5.68. The van der Waals surface area contributed by atoms with Crippen LogP contribution in [0.1, 0.15) is 19.3 Å². The lowest BCUT2D eigenvalue weighted by molar-refractivity contribution is -0.137. The Morgan fingerprint density at radius 3 is 2.50 bits per heavy atom. The van der Waals surface area contributed by atoms with Crippen LogP contribution in [0, 0.1) is 0 Å². The molecule has 0 atom stereocenters. The van der Waals surface area contributed by atoms with Gasteiger partial charge in [-0.05, 0) is 12.8 Å². The first-order valence-electron chi connectivity index (χ1n) is 5.05. The summed E-state index contributed by atoms with van der Waals surface area (Å²) >= 11 is 0. The number of carbonyl (C=O) groups is 1. The number of carboxylic acids is 1. The third kappa shape index (κ3) is 6.76. The molecule has 0 aliphatic carbocycles. The van der Waals surface area contributed by atoms with Crippen LogP contribution in [-0.2, 0) is 19.6 Å². The number of carboxylic acid groups (broad SMARTS) is 1. The van der Waals surface area contributed by atoms with Crippen LogP contribution in [0.15, 0.2) is 0 Å². The van der Waals surface area contributed by atoms with Crippen LogP contribution in [0.25, 0.3) is 0 Å². The minimum Gasteiger partial charge on any atom is -0.481 e. The molecule has 0 aromatic rings. The third-order valence-electron chi connectivity index (χ3n) is 2.09. The second-order valence-electron chi connectivity index (χ2n) is 3.48. The van der Waals surface area contributed by atoms with E-state index < -0.39 is 16.0 Å². The summed E-state index contributed by atoms with van der Waals surface area (Å²) in [4.78, 5) is 10.3. The molecule has 0 aromatic carbocycles. The topological polar surface area (TPSA) is 83.9 Å². The highest BCUT2D eigenvalue weighted by Crippen LogP contribution is 2.03. The molecule has 0 aliphatic heterocycles. The summed E-state index contributed by atoms with van der Waals surface area (Å²) in [6, 6.07) is 0. The van der Waals surface area contributed by atoms with Gasteiger partial charge in [0.25, 0.3) is 0 Å². The van der Waals surface area contributed by atoms with E-state index in [-0.39, 0.29) is 18.7 Å². The summed E-state index contributed by atoms with van der Waals surface area (Å²) in [5, 5.41) is 8.42. The van der Waals surface area contributed by atoms with Crippen molar-refractivity contribution >= 4 is 16.0 Å². The molecule has 7 heteroatoms. The van der Waals surface area contributed by atoms with Gasteiger partial charge in [0.05, 0.1) is 5.75 Å². The van der Waals surface area contributed by atoms with E-state index in [1.165, 1.54) is 18.5 Å². The van der Waals surface area contributed by atoms with E-state index in [9.17, 15) is 13.2 Å². The van der Waals surface area contributed by atoms with Crippen molar-refractivity contribution in [3.05, 3.63) is 0 Å². The average molecular weight is 253 g/mol. The quantitative estimate of drug-likeness (QED) is 0.591. The Kier molecular flexibility index (Phi) is 7.27. The molecule has 0 spiro atoms. The molecule has 0 rings (SSSR count). The Morgan fingerprint density at radius 1 is 1.38 bits per heavy atom. The number of hydrogen-bond acceptors (Lipinski definition) is 4. The second kappa shape index (κ2) is 7.59. The first kappa shape index (κ1) is 15.3. The fourth-order valence-corrected chi connectivity index (χ4v) is 2.34. The zero-order valence-corrected chi connectivity index (χ0v) is 10.5. The molecule has 0 saturated heterocycles. The number of hydrogen-bond donors (Lipinski definition) is 1. The first-order chi connectivity index (χ1) is 7.40. The van der Waals surface area contributed by atoms with Crippen LogP contribution >= 0.6 is 0 Å². The van der Waals surface area contributed by atoms with Gasteiger partial charge >= 0.3 is 5.97 Å². The fourth-order valence-electron chi connectivity index (χ4n) is 1.13. The standard InChI is InChI=1S/C9H19NO5S/c1-10(6-3-5-9(11)12)16(13,14)8-4-7-15-2/h3-8H2,1-2H3,(H,11,12). The first-order valence-corrected chi connectivity index (χ1v) is 6.66. The lowest BCUT2D eigenvalue weighted by atomic mass is 10.3. The summed E-state index contributed by atoms with van der Waals surface area (Å²) in [6.07, 6.45) is 0.759. The summed E-state index contributed by atoms with van der Waals surface area (Å²) < 4.78 is 29.2. The fraction of sp³-hybridized carbons (Fsp3) is 0.889. The van der Waals surface area contributed by atoms with Crippen molar-refractivity contribution in [2.75, 3.05) is 33.1 Å². The lowest BCUT2D eigenvalue weighted by Gasteiger charge is -2.16. The normalized spacial score (nSPS) is 11.9. The van der Waals surface area contributed by atoms with Crippen LogP contribution in [0.5, 0.6) is 0 Å². The zero-order valence-electron chi connectivity index (χ0n) is 9.68. The maximum absolute atomic E-state index is 11.6. The van der Waals surface area contributed by atoms with Gasteiger partial charge in [0.2, 0.25) is 10.0 Å². The van der Waals surface area contributed by atoms with E-state index in [2.05, 4.69) is 0 Å². The average Bonchev–Trinajstić information content (AvgIpc) is 2.17. The van der Waals surface area contributed by atoms with E-state index in [1.807, 2.05) is 0 Å². The van der Waals surface area contributed by atoms with Crippen LogP contribution < -0.4 is 0 Å². The highest BCUT2D eigenvalue weighted by atomic mass is 32.2. The molecule has 0 fully saturated rings. The Hall–Kier alpha value is -0.660. The van der Waals surface area contributed by atoms with Crippen LogP contribution in [0.2, 0.25) is 0 Å². The van der Waals surface area contributed by atoms with Gasteiger partial charge in [-0.1, -0.05) is 0 Å². The minimum atomic E-state index is -3.27. The number of sulfonamides is 1. The number of aliphatic carboxylic acids is 1. The molecular weight excluding hydrogens is 234 g/mol. The lowest BCUT2D eigenvalue weighted by Crippen LogP contribution is -2.30. The largest absolute Gasteiger partial charge is 0.481 e. The van der Waals surface area contributed by atoms with Gasteiger partial charge in [0.15, 0.2) is 0 Å². The van der Waals surface area contributed by atoms with Crippen LogP contribution in [0.3, 0.4) is 0 Å². The monoisotopic (exact) mass is 253 g/mol. The molecule has 6 nitrogen and oxygen atoms in total. The minimum absolute atomic E-state index is 0.0159. The van der Waals surface area contributed by atoms with E-state index in [1.54, 1.807) is 0 Å². The molecule has 0 saturated carbocycles. The van der Waals surface area contributed by atoms with Gasteiger partial charge in [0.1, 0.15) is 0 Å². The van der Waals surface area contributed by atoms with Crippen molar-refractivity contribution < 1.29 is 23.1 Å². The van der Waals surface area contributed by atoms with Crippen molar-refractivity contribution in [2.24, 2.45) is 0 Å².